The Hall–Kier alpha value is -2.51. The number of amides is 1. The Morgan fingerprint density at radius 1 is 1.25 bits per heavy atom. The second kappa shape index (κ2) is 9.59. The van der Waals surface area contributed by atoms with Gasteiger partial charge in [-0.25, -0.2) is 0 Å². The van der Waals surface area contributed by atoms with E-state index in [-0.39, 0.29) is 43.9 Å². The summed E-state index contributed by atoms with van der Waals surface area (Å²) in [5.41, 5.74) is 6.45. The highest BCUT2D eigenvalue weighted by Gasteiger charge is 2.10. The predicted octanol–water partition coefficient (Wildman–Crippen LogP) is 2.35. The van der Waals surface area contributed by atoms with Gasteiger partial charge in [-0.15, -0.1) is 12.4 Å². The van der Waals surface area contributed by atoms with Crippen LogP contribution in [0.4, 0.5) is 5.69 Å². The van der Waals surface area contributed by atoms with Gasteiger partial charge in [0.2, 0.25) is 0 Å². The summed E-state index contributed by atoms with van der Waals surface area (Å²) in [5, 5.41) is 2.74. The molecule has 1 aromatic carbocycles. The number of carbonyl (C=O) groups excluding carboxylic acids is 2. The summed E-state index contributed by atoms with van der Waals surface area (Å²) in [6, 6.07) is 8.41. The number of carbonyl (C=O) groups is 2. The molecule has 2 rings (SSSR count). The van der Waals surface area contributed by atoms with Crippen molar-refractivity contribution < 1.29 is 23.5 Å². The number of anilines is 1. The normalized spacial score (nSPS) is 9.75. The first kappa shape index (κ1) is 19.5. The molecule has 8 heteroatoms. The second-order valence-electron chi connectivity index (χ2n) is 4.66. The van der Waals surface area contributed by atoms with E-state index in [1.165, 1.54) is 13.4 Å². The molecule has 0 aliphatic carbocycles. The molecule has 1 aromatic heterocycles. The Balaban J connectivity index is 0.00000288. The van der Waals surface area contributed by atoms with Gasteiger partial charge in [0.25, 0.3) is 5.91 Å². The minimum Gasteiger partial charge on any atom is -0.493 e. The minimum absolute atomic E-state index is 0. The van der Waals surface area contributed by atoms with E-state index in [4.69, 9.17) is 14.9 Å². The Labute approximate surface area is 145 Å². The first-order valence-electron chi connectivity index (χ1n) is 7.01. The van der Waals surface area contributed by atoms with Crippen LogP contribution >= 0.6 is 12.4 Å². The van der Waals surface area contributed by atoms with Crippen molar-refractivity contribution >= 4 is 30.0 Å². The van der Waals surface area contributed by atoms with E-state index in [1.807, 2.05) is 0 Å². The molecule has 0 aliphatic heterocycles. The van der Waals surface area contributed by atoms with Crippen molar-refractivity contribution in [3.8, 4) is 5.75 Å². The highest BCUT2D eigenvalue weighted by Crippen LogP contribution is 2.17. The molecule has 24 heavy (non-hydrogen) atoms. The molecule has 0 atom stereocenters. The number of nitrogens with two attached hydrogens (primary N) is 1. The number of hydrogen-bond donors (Lipinski definition) is 2. The molecule has 130 valence electrons. The molecule has 7 nitrogen and oxygen atoms in total. The first-order chi connectivity index (χ1) is 11.1. The Morgan fingerprint density at radius 3 is 2.54 bits per heavy atom. The summed E-state index contributed by atoms with van der Waals surface area (Å²) in [6.45, 7) is 0.472. The summed E-state index contributed by atoms with van der Waals surface area (Å²) in [6.07, 6.45) is 1.54. The molecule has 2 aromatic rings. The van der Waals surface area contributed by atoms with Crippen LogP contribution in [0, 0.1) is 0 Å². The van der Waals surface area contributed by atoms with Crippen LogP contribution in [0.3, 0.4) is 0 Å². The van der Waals surface area contributed by atoms with Gasteiger partial charge in [-0.2, -0.15) is 0 Å². The van der Waals surface area contributed by atoms with Gasteiger partial charge in [0.1, 0.15) is 17.8 Å². The van der Waals surface area contributed by atoms with Crippen LogP contribution in [0.25, 0.3) is 0 Å². The zero-order chi connectivity index (χ0) is 16.7. The molecular weight excluding hydrogens is 336 g/mol. The molecule has 0 saturated carbocycles. The van der Waals surface area contributed by atoms with Crippen molar-refractivity contribution in [3.05, 3.63) is 47.9 Å². The fraction of sp³-hybridized carbons (Fsp3) is 0.250. The van der Waals surface area contributed by atoms with Crippen LogP contribution in [0.5, 0.6) is 5.75 Å². The van der Waals surface area contributed by atoms with E-state index in [9.17, 15) is 9.59 Å². The van der Waals surface area contributed by atoms with Gasteiger partial charge in [-0.3, -0.25) is 9.59 Å². The lowest BCUT2D eigenvalue weighted by Crippen LogP contribution is -2.11. The maximum absolute atomic E-state index is 12.0. The largest absolute Gasteiger partial charge is 0.493 e. The van der Waals surface area contributed by atoms with E-state index < -0.39 is 0 Å². The van der Waals surface area contributed by atoms with Gasteiger partial charge < -0.3 is 24.9 Å². The van der Waals surface area contributed by atoms with Crippen LogP contribution in [0.15, 0.2) is 41.0 Å². The SMILES string of the molecule is COC(=O)CCOc1ccc(NC(=O)c2coc(CN)c2)cc1.Cl. The number of nitrogens with one attached hydrogen (secondary N) is 1. The molecule has 1 heterocycles. The third kappa shape index (κ3) is 5.60. The van der Waals surface area contributed by atoms with E-state index in [1.54, 1.807) is 30.3 Å². The summed E-state index contributed by atoms with van der Waals surface area (Å²) < 4.78 is 15.0. The van der Waals surface area contributed by atoms with Crippen LogP contribution in [-0.4, -0.2) is 25.6 Å². The summed E-state index contributed by atoms with van der Waals surface area (Å²) >= 11 is 0. The summed E-state index contributed by atoms with van der Waals surface area (Å²) in [7, 11) is 1.33. The van der Waals surface area contributed by atoms with Gasteiger partial charge in [0, 0.05) is 5.69 Å². The van der Waals surface area contributed by atoms with Crippen LogP contribution in [0.1, 0.15) is 22.5 Å². The lowest BCUT2D eigenvalue weighted by molar-refractivity contribution is -0.141. The molecule has 0 saturated heterocycles. The van der Waals surface area contributed by atoms with E-state index >= 15 is 0 Å². The second-order valence-corrected chi connectivity index (χ2v) is 4.66. The first-order valence-corrected chi connectivity index (χ1v) is 7.01. The molecule has 0 radical (unpaired) electrons. The number of esters is 1. The van der Waals surface area contributed by atoms with Gasteiger partial charge >= 0.3 is 5.97 Å². The van der Waals surface area contributed by atoms with Gasteiger partial charge in [0.05, 0.1) is 32.2 Å². The van der Waals surface area contributed by atoms with Crippen molar-refractivity contribution in [2.45, 2.75) is 13.0 Å². The molecule has 0 aliphatic rings. The zero-order valence-electron chi connectivity index (χ0n) is 13.1. The van der Waals surface area contributed by atoms with Crippen LogP contribution in [-0.2, 0) is 16.1 Å². The van der Waals surface area contributed by atoms with E-state index in [0.29, 0.717) is 22.8 Å². The standard InChI is InChI=1S/C16H18N2O5.ClH/c1-21-15(19)6-7-22-13-4-2-12(3-5-13)18-16(20)11-8-14(9-17)23-10-11;/h2-5,8,10H,6-7,9,17H2,1H3,(H,18,20);1H. The summed E-state index contributed by atoms with van der Waals surface area (Å²) in [5.74, 6) is 0.531. The quantitative estimate of drug-likeness (QED) is 0.740. The van der Waals surface area contributed by atoms with Crippen molar-refractivity contribution in [1.82, 2.24) is 0 Å². The minimum atomic E-state index is -0.328. The maximum Gasteiger partial charge on any atom is 0.308 e. The monoisotopic (exact) mass is 354 g/mol. The molecule has 0 unspecified atom stereocenters. The number of methoxy groups -OCH3 is 1. The Morgan fingerprint density at radius 2 is 1.96 bits per heavy atom. The molecule has 0 spiro atoms. The highest BCUT2D eigenvalue weighted by molar-refractivity contribution is 6.04. The average molecular weight is 355 g/mol. The Kier molecular flexibility index (Phi) is 7.81. The van der Waals surface area contributed by atoms with Crippen molar-refractivity contribution in [2.24, 2.45) is 5.73 Å². The topological polar surface area (TPSA) is 104 Å². The summed E-state index contributed by atoms with van der Waals surface area (Å²) in [4.78, 5) is 23.0. The molecule has 1 amide bonds. The van der Waals surface area contributed by atoms with Gasteiger partial charge in [-0.05, 0) is 30.3 Å². The van der Waals surface area contributed by atoms with Crippen molar-refractivity contribution in [2.75, 3.05) is 19.0 Å². The smallest absolute Gasteiger partial charge is 0.308 e. The number of rotatable bonds is 7. The molecule has 3 N–H and O–H groups in total. The highest BCUT2D eigenvalue weighted by atomic mass is 35.5. The number of furan rings is 1. The lowest BCUT2D eigenvalue weighted by atomic mass is 10.2. The third-order valence-corrected chi connectivity index (χ3v) is 3.03. The zero-order valence-corrected chi connectivity index (χ0v) is 13.9. The maximum atomic E-state index is 12.0. The van der Waals surface area contributed by atoms with Gasteiger partial charge in [-0.1, -0.05) is 0 Å². The Bertz CT molecular complexity index is 669. The molecular formula is C16H19ClN2O5. The van der Waals surface area contributed by atoms with Crippen molar-refractivity contribution in [3.63, 3.8) is 0 Å². The average Bonchev–Trinajstić information content (AvgIpc) is 3.05. The van der Waals surface area contributed by atoms with E-state index in [0.717, 1.165) is 0 Å². The number of halogens is 1. The molecule has 0 fully saturated rings. The van der Waals surface area contributed by atoms with Crippen LogP contribution < -0.4 is 15.8 Å². The fourth-order valence-electron chi connectivity index (χ4n) is 1.80. The number of hydrogen-bond acceptors (Lipinski definition) is 6. The predicted molar refractivity (Wildman–Crippen MR) is 90.4 cm³/mol. The fourth-order valence-corrected chi connectivity index (χ4v) is 1.80. The number of ether oxygens (including phenoxy) is 2. The number of benzene rings is 1. The van der Waals surface area contributed by atoms with Crippen LogP contribution in [0.2, 0.25) is 0 Å². The van der Waals surface area contributed by atoms with E-state index in [2.05, 4.69) is 10.1 Å². The van der Waals surface area contributed by atoms with Gasteiger partial charge in [0.15, 0.2) is 0 Å². The van der Waals surface area contributed by atoms with Crippen molar-refractivity contribution in [1.29, 1.82) is 0 Å². The molecule has 0 bridgehead atoms. The lowest BCUT2D eigenvalue weighted by Gasteiger charge is -2.07. The third-order valence-electron chi connectivity index (χ3n) is 3.03.